The fourth-order valence-electron chi connectivity index (χ4n) is 2.58. The monoisotopic (exact) mass is 252 g/mol. The van der Waals surface area contributed by atoms with Crippen LogP contribution in [0.25, 0.3) is 0 Å². The first kappa shape index (κ1) is 12.7. The standard InChI is InChI=1S/C14H21ClN2/c1-16-10-9-13-4-2-3-11-17(13)14-7-5-12(15)6-8-14/h5-8,13,16H,2-4,9-11H2,1H3. The zero-order chi connectivity index (χ0) is 12.1. The molecule has 1 unspecified atom stereocenters. The summed E-state index contributed by atoms with van der Waals surface area (Å²) >= 11 is 5.94. The van der Waals surface area contributed by atoms with Gasteiger partial charge in [-0.3, -0.25) is 0 Å². The van der Waals surface area contributed by atoms with Crippen molar-refractivity contribution in [2.45, 2.75) is 31.7 Å². The van der Waals surface area contributed by atoms with Crippen LogP contribution in [-0.2, 0) is 0 Å². The zero-order valence-electron chi connectivity index (χ0n) is 10.5. The van der Waals surface area contributed by atoms with Crippen LogP contribution in [0.1, 0.15) is 25.7 Å². The molecule has 0 aliphatic carbocycles. The van der Waals surface area contributed by atoms with Gasteiger partial charge in [0.2, 0.25) is 0 Å². The van der Waals surface area contributed by atoms with Crippen molar-refractivity contribution in [3.8, 4) is 0 Å². The maximum atomic E-state index is 5.94. The molecule has 0 aromatic heterocycles. The number of piperidine rings is 1. The summed E-state index contributed by atoms with van der Waals surface area (Å²) in [5, 5.41) is 4.07. The lowest BCUT2D eigenvalue weighted by Crippen LogP contribution is -2.41. The van der Waals surface area contributed by atoms with E-state index < -0.39 is 0 Å². The number of anilines is 1. The summed E-state index contributed by atoms with van der Waals surface area (Å²) in [6.45, 7) is 2.27. The fourth-order valence-corrected chi connectivity index (χ4v) is 2.71. The molecule has 3 heteroatoms. The Labute approximate surface area is 109 Å². The summed E-state index contributed by atoms with van der Waals surface area (Å²) in [7, 11) is 2.02. The van der Waals surface area contributed by atoms with E-state index in [-0.39, 0.29) is 0 Å². The number of hydrogen-bond acceptors (Lipinski definition) is 2. The smallest absolute Gasteiger partial charge is 0.0407 e. The molecule has 1 fully saturated rings. The van der Waals surface area contributed by atoms with E-state index in [4.69, 9.17) is 11.6 Å². The van der Waals surface area contributed by atoms with Crippen LogP contribution in [-0.4, -0.2) is 26.2 Å². The maximum Gasteiger partial charge on any atom is 0.0407 e. The molecule has 2 rings (SSSR count). The summed E-state index contributed by atoms with van der Waals surface area (Å²) in [6, 6.07) is 8.93. The molecule has 1 atom stereocenters. The average Bonchev–Trinajstić information content (AvgIpc) is 2.38. The number of nitrogens with zero attached hydrogens (tertiary/aromatic N) is 1. The second kappa shape index (κ2) is 6.27. The highest BCUT2D eigenvalue weighted by molar-refractivity contribution is 6.30. The third-order valence-corrected chi connectivity index (χ3v) is 3.76. The number of halogens is 1. The Morgan fingerprint density at radius 1 is 1.29 bits per heavy atom. The van der Waals surface area contributed by atoms with Crippen LogP contribution in [0.4, 0.5) is 5.69 Å². The highest BCUT2D eigenvalue weighted by Gasteiger charge is 2.21. The van der Waals surface area contributed by atoms with Gasteiger partial charge < -0.3 is 10.2 Å². The first-order chi connectivity index (χ1) is 8.31. The van der Waals surface area contributed by atoms with Gasteiger partial charge in [0.25, 0.3) is 0 Å². The van der Waals surface area contributed by atoms with Crippen LogP contribution in [0.15, 0.2) is 24.3 Å². The van der Waals surface area contributed by atoms with Gasteiger partial charge >= 0.3 is 0 Å². The molecule has 1 aromatic carbocycles. The molecule has 2 nitrogen and oxygen atoms in total. The van der Waals surface area contributed by atoms with E-state index in [0.717, 1.165) is 11.6 Å². The molecular weight excluding hydrogens is 232 g/mol. The molecule has 1 heterocycles. The number of rotatable bonds is 4. The molecular formula is C14H21ClN2. The minimum Gasteiger partial charge on any atom is -0.369 e. The third kappa shape index (κ3) is 3.36. The summed E-state index contributed by atoms with van der Waals surface area (Å²) < 4.78 is 0. The van der Waals surface area contributed by atoms with Crippen molar-refractivity contribution in [2.75, 3.05) is 25.0 Å². The van der Waals surface area contributed by atoms with Gasteiger partial charge in [-0.15, -0.1) is 0 Å². The molecule has 1 N–H and O–H groups in total. The van der Waals surface area contributed by atoms with Crippen molar-refractivity contribution >= 4 is 17.3 Å². The van der Waals surface area contributed by atoms with Gasteiger partial charge in [-0.1, -0.05) is 11.6 Å². The highest BCUT2D eigenvalue weighted by Crippen LogP contribution is 2.27. The molecule has 0 bridgehead atoms. The van der Waals surface area contributed by atoms with E-state index in [1.54, 1.807) is 0 Å². The van der Waals surface area contributed by atoms with Gasteiger partial charge in [0.1, 0.15) is 0 Å². The van der Waals surface area contributed by atoms with E-state index in [1.807, 2.05) is 19.2 Å². The molecule has 1 saturated heterocycles. The topological polar surface area (TPSA) is 15.3 Å². The van der Waals surface area contributed by atoms with Crippen LogP contribution in [0, 0.1) is 0 Å². The molecule has 94 valence electrons. The predicted octanol–water partition coefficient (Wildman–Crippen LogP) is 3.31. The second-order valence-corrected chi connectivity index (χ2v) is 5.15. The van der Waals surface area contributed by atoms with Gasteiger partial charge in [0.15, 0.2) is 0 Å². The second-order valence-electron chi connectivity index (χ2n) is 4.71. The molecule has 0 saturated carbocycles. The largest absolute Gasteiger partial charge is 0.369 e. The number of hydrogen-bond donors (Lipinski definition) is 1. The lowest BCUT2D eigenvalue weighted by molar-refractivity contribution is 0.433. The normalized spacial score (nSPS) is 20.6. The van der Waals surface area contributed by atoms with Crippen LogP contribution in [0.5, 0.6) is 0 Å². The van der Waals surface area contributed by atoms with Crippen molar-refractivity contribution in [1.82, 2.24) is 5.32 Å². The number of benzene rings is 1. The first-order valence-corrected chi connectivity index (χ1v) is 6.86. The van der Waals surface area contributed by atoms with E-state index in [1.165, 1.54) is 37.9 Å². The van der Waals surface area contributed by atoms with Crippen molar-refractivity contribution < 1.29 is 0 Å². The summed E-state index contributed by atoms with van der Waals surface area (Å²) in [6.07, 6.45) is 5.20. The predicted molar refractivity (Wildman–Crippen MR) is 75.0 cm³/mol. The first-order valence-electron chi connectivity index (χ1n) is 6.48. The van der Waals surface area contributed by atoms with Crippen molar-refractivity contribution in [3.63, 3.8) is 0 Å². The average molecular weight is 253 g/mol. The molecule has 0 amide bonds. The Hall–Kier alpha value is -0.730. The lowest BCUT2D eigenvalue weighted by atomic mass is 9.98. The maximum absolute atomic E-state index is 5.94. The van der Waals surface area contributed by atoms with Crippen LogP contribution >= 0.6 is 11.6 Å². The minimum absolute atomic E-state index is 0.678. The van der Waals surface area contributed by atoms with Gasteiger partial charge in [0, 0.05) is 23.3 Å². The Morgan fingerprint density at radius 3 is 2.76 bits per heavy atom. The third-order valence-electron chi connectivity index (χ3n) is 3.51. The fraction of sp³-hybridized carbons (Fsp3) is 0.571. The van der Waals surface area contributed by atoms with E-state index >= 15 is 0 Å². The molecule has 0 radical (unpaired) electrons. The van der Waals surface area contributed by atoms with Crippen LogP contribution in [0.2, 0.25) is 5.02 Å². The van der Waals surface area contributed by atoms with Crippen LogP contribution in [0.3, 0.4) is 0 Å². The van der Waals surface area contributed by atoms with Gasteiger partial charge in [-0.25, -0.2) is 0 Å². The van der Waals surface area contributed by atoms with E-state index in [0.29, 0.717) is 6.04 Å². The molecule has 0 spiro atoms. The van der Waals surface area contributed by atoms with E-state index in [9.17, 15) is 0 Å². The number of nitrogens with one attached hydrogen (secondary N) is 1. The molecule has 1 aliphatic rings. The summed E-state index contributed by atoms with van der Waals surface area (Å²) in [5.74, 6) is 0. The Morgan fingerprint density at radius 2 is 2.06 bits per heavy atom. The van der Waals surface area contributed by atoms with Crippen LogP contribution < -0.4 is 10.2 Å². The Bertz CT molecular complexity index is 337. The molecule has 17 heavy (non-hydrogen) atoms. The minimum atomic E-state index is 0.678. The van der Waals surface area contributed by atoms with Gasteiger partial charge in [0.05, 0.1) is 0 Å². The van der Waals surface area contributed by atoms with Crippen molar-refractivity contribution in [3.05, 3.63) is 29.3 Å². The Balaban J connectivity index is 2.07. The summed E-state index contributed by atoms with van der Waals surface area (Å²) in [5.41, 5.74) is 1.32. The zero-order valence-corrected chi connectivity index (χ0v) is 11.2. The Kier molecular flexibility index (Phi) is 4.69. The van der Waals surface area contributed by atoms with Crippen molar-refractivity contribution in [2.24, 2.45) is 0 Å². The SMILES string of the molecule is CNCCC1CCCCN1c1ccc(Cl)cc1. The molecule has 1 aromatic rings. The quantitative estimate of drug-likeness (QED) is 0.885. The van der Waals surface area contributed by atoms with Gasteiger partial charge in [-0.05, 0) is 63.5 Å². The summed E-state index contributed by atoms with van der Waals surface area (Å²) in [4.78, 5) is 2.54. The highest BCUT2D eigenvalue weighted by atomic mass is 35.5. The molecule has 1 aliphatic heterocycles. The lowest BCUT2D eigenvalue weighted by Gasteiger charge is -2.37. The van der Waals surface area contributed by atoms with Crippen molar-refractivity contribution in [1.29, 1.82) is 0 Å². The van der Waals surface area contributed by atoms with Gasteiger partial charge in [-0.2, -0.15) is 0 Å². The van der Waals surface area contributed by atoms with E-state index in [2.05, 4.69) is 22.3 Å².